The first-order valence-electron chi connectivity index (χ1n) is 5.37. The number of carbonyl (C=O) groups is 1. The molecule has 17 heavy (non-hydrogen) atoms. The minimum atomic E-state index is -0.276. The van der Waals surface area contributed by atoms with Crippen molar-refractivity contribution >= 4 is 27.3 Å². The van der Waals surface area contributed by atoms with Gasteiger partial charge in [-0.15, -0.1) is 11.3 Å². The minimum absolute atomic E-state index is 0.112. The van der Waals surface area contributed by atoms with Gasteiger partial charge in [0.05, 0.1) is 4.88 Å². The zero-order valence-corrected chi connectivity index (χ0v) is 10.8. The summed E-state index contributed by atoms with van der Waals surface area (Å²) in [7, 11) is 0. The van der Waals surface area contributed by atoms with Gasteiger partial charge in [0.2, 0.25) is 0 Å². The number of rotatable bonds is 1. The summed E-state index contributed by atoms with van der Waals surface area (Å²) in [5.74, 6) is -0.388. The number of amides is 1. The Kier molecular flexibility index (Phi) is 2.91. The highest BCUT2D eigenvalue weighted by molar-refractivity contribution is 7.20. The van der Waals surface area contributed by atoms with Crippen LogP contribution in [0.2, 0.25) is 0 Å². The Labute approximate surface area is 103 Å². The zero-order chi connectivity index (χ0) is 12.6. The molecular formula is C13H14FNOS. The van der Waals surface area contributed by atoms with Gasteiger partial charge in [-0.1, -0.05) is 6.07 Å². The molecule has 1 aromatic heterocycles. The fourth-order valence-electron chi connectivity index (χ4n) is 1.52. The highest BCUT2D eigenvalue weighted by Crippen LogP contribution is 2.26. The molecule has 1 amide bonds. The second kappa shape index (κ2) is 4.11. The molecule has 0 saturated heterocycles. The van der Waals surface area contributed by atoms with E-state index in [2.05, 4.69) is 5.32 Å². The summed E-state index contributed by atoms with van der Waals surface area (Å²) in [4.78, 5) is 12.5. The van der Waals surface area contributed by atoms with Crippen LogP contribution in [0, 0.1) is 5.82 Å². The van der Waals surface area contributed by atoms with E-state index in [0.717, 1.165) is 10.1 Å². The Morgan fingerprint density at radius 2 is 2.00 bits per heavy atom. The molecule has 0 saturated carbocycles. The Morgan fingerprint density at radius 3 is 2.65 bits per heavy atom. The number of fused-ring (bicyclic) bond motifs is 1. The molecule has 0 aliphatic rings. The molecule has 2 aromatic rings. The Hall–Kier alpha value is -1.42. The molecule has 0 bridgehead atoms. The molecule has 4 heteroatoms. The largest absolute Gasteiger partial charge is 0.347 e. The summed E-state index contributed by atoms with van der Waals surface area (Å²) >= 11 is 1.31. The van der Waals surface area contributed by atoms with Crippen molar-refractivity contribution in [2.24, 2.45) is 0 Å². The normalized spacial score (nSPS) is 11.8. The lowest BCUT2D eigenvalue weighted by Crippen LogP contribution is -2.40. The number of hydrogen-bond acceptors (Lipinski definition) is 2. The first-order chi connectivity index (χ1) is 7.85. The van der Waals surface area contributed by atoms with Crippen molar-refractivity contribution in [1.82, 2.24) is 5.32 Å². The van der Waals surface area contributed by atoms with E-state index in [9.17, 15) is 9.18 Å². The molecule has 0 radical (unpaired) electrons. The first-order valence-corrected chi connectivity index (χ1v) is 6.18. The summed E-state index contributed by atoms with van der Waals surface area (Å²) in [6, 6.07) is 6.34. The molecule has 1 N–H and O–H groups in total. The first kappa shape index (κ1) is 12.0. The van der Waals surface area contributed by atoms with Gasteiger partial charge < -0.3 is 5.32 Å². The number of benzene rings is 1. The monoisotopic (exact) mass is 251 g/mol. The van der Waals surface area contributed by atoms with Crippen LogP contribution in [0.5, 0.6) is 0 Å². The van der Waals surface area contributed by atoms with Crippen molar-refractivity contribution in [3.8, 4) is 0 Å². The van der Waals surface area contributed by atoms with Crippen molar-refractivity contribution in [3.63, 3.8) is 0 Å². The molecule has 0 spiro atoms. The second-order valence-corrected chi connectivity index (χ2v) is 6.08. The van der Waals surface area contributed by atoms with Gasteiger partial charge in [-0.2, -0.15) is 0 Å². The van der Waals surface area contributed by atoms with E-state index in [-0.39, 0.29) is 17.3 Å². The summed E-state index contributed by atoms with van der Waals surface area (Å²) in [6.07, 6.45) is 0. The van der Waals surface area contributed by atoms with Gasteiger partial charge in [0.25, 0.3) is 5.91 Å². The summed E-state index contributed by atoms with van der Waals surface area (Å²) in [5.41, 5.74) is -0.265. The van der Waals surface area contributed by atoms with Gasteiger partial charge in [0, 0.05) is 10.2 Å². The average molecular weight is 251 g/mol. The quantitative estimate of drug-likeness (QED) is 0.824. The zero-order valence-electron chi connectivity index (χ0n) is 10.0. The summed E-state index contributed by atoms with van der Waals surface area (Å²) in [5, 5.41) is 3.79. The van der Waals surface area contributed by atoms with Crippen molar-refractivity contribution in [2.75, 3.05) is 0 Å². The van der Waals surface area contributed by atoms with Gasteiger partial charge in [-0.3, -0.25) is 4.79 Å². The lowest BCUT2D eigenvalue weighted by molar-refractivity contribution is 0.0924. The van der Waals surface area contributed by atoms with Crippen LogP contribution in [0.1, 0.15) is 30.4 Å². The number of halogens is 1. The number of nitrogens with one attached hydrogen (secondary N) is 1. The maximum Gasteiger partial charge on any atom is 0.261 e. The predicted octanol–water partition coefficient (Wildman–Crippen LogP) is 3.57. The van der Waals surface area contributed by atoms with Crippen molar-refractivity contribution in [2.45, 2.75) is 26.3 Å². The van der Waals surface area contributed by atoms with Gasteiger partial charge in [0.1, 0.15) is 5.82 Å². The van der Waals surface area contributed by atoms with Crippen LogP contribution < -0.4 is 5.32 Å². The topological polar surface area (TPSA) is 29.1 Å². The van der Waals surface area contributed by atoms with E-state index in [1.54, 1.807) is 12.1 Å². The van der Waals surface area contributed by atoms with Crippen LogP contribution in [0.25, 0.3) is 10.1 Å². The lowest BCUT2D eigenvalue weighted by atomic mass is 10.1. The van der Waals surface area contributed by atoms with Crippen molar-refractivity contribution in [3.05, 3.63) is 35.0 Å². The number of carbonyl (C=O) groups excluding carboxylic acids is 1. The molecule has 2 nitrogen and oxygen atoms in total. The van der Waals surface area contributed by atoms with Gasteiger partial charge in [0.15, 0.2) is 0 Å². The van der Waals surface area contributed by atoms with E-state index < -0.39 is 0 Å². The molecule has 0 unspecified atom stereocenters. The molecule has 0 fully saturated rings. The van der Waals surface area contributed by atoms with Crippen LogP contribution in [0.3, 0.4) is 0 Å². The standard InChI is InChI=1S/C13H14FNOS/c1-13(2,3)15-12(16)11-6-8-4-5-9(14)7-10(8)17-11/h4-7H,1-3H3,(H,15,16). The smallest absolute Gasteiger partial charge is 0.261 e. The number of hydrogen-bond donors (Lipinski definition) is 1. The van der Waals surface area contributed by atoms with Crippen LogP contribution in [-0.2, 0) is 0 Å². The van der Waals surface area contributed by atoms with Gasteiger partial charge in [-0.05, 0) is 44.4 Å². The number of thiophene rings is 1. The molecule has 1 aromatic carbocycles. The highest BCUT2D eigenvalue weighted by atomic mass is 32.1. The van der Waals surface area contributed by atoms with Crippen LogP contribution >= 0.6 is 11.3 Å². The molecule has 1 heterocycles. The average Bonchev–Trinajstić information content (AvgIpc) is 2.57. The van der Waals surface area contributed by atoms with Gasteiger partial charge >= 0.3 is 0 Å². The van der Waals surface area contributed by atoms with Crippen LogP contribution in [0.15, 0.2) is 24.3 Å². The lowest BCUT2D eigenvalue weighted by Gasteiger charge is -2.19. The van der Waals surface area contributed by atoms with E-state index in [1.807, 2.05) is 20.8 Å². The SMILES string of the molecule is CC(C)(C)NC(=O)c1cc2ccc(F)cc2s1. The fraction of sp³-hybridized carbons (Fsp3) is 0.308. The van der Waals surface area contributed by atoms with Crippen LogP contribution in [-0.4, -0.2) is 11.4 Å². The molecule has 0 aliphatic carbocycles. The van der Waals surface area contributed by atoms with E-state index in [1.165, 1.54) is 23.5 Å². The van der Waals surface area contributed by atoms with Crippen molar-refractivity contribution < 1.29 is 9.18 Å². The van der Waals surface area contributed by atoms with E-state index >= 15 is 0 Å². The summed E-state index contributed by atoms with van der Waals surface area (Å²) < 4.78 is 13.8. The second-order valence-electron chi connectivity index (χ2n) is 5.00. The third kappa shape index (κ3) is 2.82. The van der Waals surface area contributed by atoms with Crippen molar-refractivity contribution in [1.29, 1.82) is 0 Å². The van der Waals surface area contributed by atoms with Gasteiger partial charge in [-0.25, -0.2) is 4.39 Å². The highest BCUT2D eigenvalue weighted by Gasteiger charge is 2.17. The molecule has 0 atom stereocenters. The van der Waals surface area contributed by atoms with Crippen LogP contribution in [0.4, 0.5) is 4.39 Å². The molecule has 90 valence electrons. The molecule has 2 rings (SSSR count). The summed E-state index contributed by atoms with van der Waals surface area (Å²) in [6.45, 7) is 5.79. The maximum absolute atomic E-state index is 13.0. The Bertz CT molecular complexity index is 568. The third-order valence-corrected chi connectivity index (χ3v) is 3.29. The van der Waals surface area contributed by atoms with E-state index in [4.69, 9.17) is 0 Å². The fourth-order valence-corrected chi connectivity index (χ4v) is 2.50. The maximum atomic E-state index is 13.0. The predicted molar refractivity (Wildman–Crippen MR) is 69.0 cm³/mol. The molecule has 0 aliphatic heterocycles. The minimum Gasteiger partial charge on any atom is -0.347 e. The third-order valence-electron chi connectivity index (χ3n) is 2.19. The van der Waals surface area contributed by atoms with E-state index in [0.29, 0.717) is 4.88 Å². The Balaban J connectivity index is 2.33. The Morgan fingerprint density at radius 1 is 1.29 bits per heavy atom. The molecular weight excluding hydrogens is 237 g/mol.